The molecule has 3 rings (SSSR count). The van der Waals surface area contributed by atoms with Crippen LogP contribution in [0.25, 0.3) is 0 Å². The summed E-state index contributed by atoms with van der Waals surface area (Å²) in [4.78, 5) is 16.3. The van der Waals surface area contributed by atoms with Crippen LogP contribution in [0.2, 0.25) is 0 Å². The van der Waals surface area contributed by atoms with Crippen LogP contribution in [0.4, 0.5) is 10.5 Å². The molecule has 1 fully saturated rings. The van der Waals surface area contributed by atoms with E-state index in [9.17, 15) is 4.79 Å². The van der Waals surface area contributed by atoms with E-state index < -0.39 is 0 Å². The van der Waals surface area contributed by atoms with Gasteiger partial charge in [-0.1, -0.05) is 12.1 Å². The van der Waals surface area contributed by atoms with Crippen molar-refractivity contribution in [1.29, 1.82) is 0 Å². The molecule has 1 saturated heterocycles. The zero-order valence-electron chi connectivity index (χ0n) is 15.0. The van der Waals surface area contributed by atoms with Gasteiger partial charge in [0.05, 0.1) is 17.8 Å². The number of pyridine rings is 1. The van der Waals surface area contributed by atoms with Gasteiger partial charge < -0.3 is 20.1 Å². The number of urea groups is 1. The van der Waals surface area contributed by atoms with Crippen LogP contribution in [-0.2, 0) is 4.74 Å². The summed E-state index contributed by atoms with van der Waals surface area (Å²) < 4.78 is 11.6. The van der Waals surface area contributed by atoms with Gasteiger partial charge in [-0.15, -0.1) is 0 Å². The van der Waals surface area contributed by atoms with Gasteiger partial charge in [0.2, 0.25) is 0 Å². The maximum atomic E-state index is 12.3. The highest BCUT2D eigenvalue weighted by Crippen LogP contribution is 2.25. The zero-order chi connectivity index (χ0) is 18.2. The largest absolute Gasteiger partial charge is 0.489 e. The number of nitrogens with one attached hydrogen (secondary N) is 2. The van der Waals surface area contributed by atoms with Crippen molar-refractivity contribution in [3.05, 3.63) is 54.4 Å². The molecule has 0 radical (unpaired) electrons. The minimum absolute atomic E-state index is 0.123. The number of nitrogens with zero attached hydrogens (tertiary/aromatic N) is 1. The summed E-state index contributed by atoms with van der Waals surface area (Å²) in [6.07, 6.45) is 6.84. The Kier molecular flexibility index (Phi) is 6.44. The molecule has 0 aliphatic carbocycles. The van der Waals surface area contributed by atoms with Crippen LogP contribution < -0.4 is 15.4 Å². The quantitative estimate of drug-likeness (QED) is 0.824. The van der Waals surface area contributed by atoms with Gasteiger partial charge in [-0.05, 0) is 56.0 Å². The summed E-state index contributed by atoms with van der Waals surface area (Å²) in [7, 11) is 0. The lowest BCUT2D eigenvalue weighted by Gasteiger charge is -2.23. The van der Waals surface area contributed by atoms with E-state index in [0.717, 1.165) is 25.0 Å². The van der Waals surface area contributed by atoms with Gasteiger partial charge in [0, 0.05) is 19.0 Å². The third-order valence-electron chi connectivity index (χ3n) is 4.39. The number of benzene rings is 1. The van der Waals surface area contributed by atoms with Gasteiger partial charge in [-0.2, -0.15) is 0 Å². The lowest BCUT2D eigenvalue weighted by molar-refractivity contribution is -0.0109. The molecule has 2 aromatic rings. The normalized spacial score (nSPS) is 18.0. The standard InChI is InChI=1S/C20H25N3O3/c1-15(16-9-11-21-12-10-16)22-20(24)23-18-7-2-3-8-19(18)26-14-17-6-4-5-13-25-17/h2-3,7-12,15,17H,4-6,13-14H2,1H3,(H2,22,23,24). The van der Waals surface area contributed by atoms with Crippen molar-refractivity contribution in [2.75, 3.05) is 18.5 Å². The van der Waals surface area contributed by atoms with E-state index in [4.69, 9.17) is 9.47 Å². The molecule has 0 saturated carbocycles. The summed E-state index contributed by atoms with van der Waals surface area (Å²) in [5.41, 5.74) is 1.64. The SMILES string of the molecule is CC(NC(=O)Nc1ccccc1OCC1CCCCO1)c1ccncc1. The average Bonchev–Trinajstić information content (AvgIpc) is 2.68. The Bertz CT molecular complexity index is 702. The summed E-state index contributed by atoms with van der Waals surface area (Å²) in [5, 5.41) is 5.79. The number of carbonyl (C=O) groups excluding carboxylic acids is 1. The number of rotatable bonds is 6. The van der Waals surface area contributed by atoms with Gasteiger partial charge in [0.15, 0.2) is 0 Å². The number of anilines is 1. The molecular formula is C20H25N3O3. The lowest BCUT2D eigenvalue weighted by Crippen LogP contribution is -2.31. The number of para-hydroxylation sites is 2. The average molecular weight is 355 g/mol. The van der Waals surface area contributed by atoms with E-state index in [1.165, 1.54) is 6.42 Å². The number of aromatic nitrogens is 1. The number of hydrogen-bond donors (Lipinski definition) is 2. The molecule has 26 heavy (non-hydrogen) atoms. The lowest BCUT2D eigenvalue weighted by atomic mass is 10.1. The summed E-state index contributed by atoms with van der Waals surface area (Å²) in [5.74, 6) is 0.647. The number of hydrogen-bond acceptors (Lipinski definition) is 4. The fourth-order valence-corrected chi connectivity index (χ4v) is 2.91. The predicted octanol–water partition coefficient (Wildman–Crippen LogP) is 3.91. The monoisotopic (exact) mass is 355 g/mol. The molecule has 0 spiro atoms. The maximum Gasteiger partial charge on any atom is 0.319 e. The molecule has 1 aliphatic rings. The van der Waals surface area contributed by atoms with Crippen molar-refractivity contribution < 1.29 is 14.3 Å². The molecule has 138 valence electrons. The van der Waals surface area contributed by atoms with Crippen LogP contribution in [0.3, 0.4) is 0 Å². The third kappa shape index (κ3) is 5.20. The highest BCUT2D eigenvalue weighted by Gasteiger charge is 2.16. The topological polar surface area (TPSA) is 72.5 Å². The van der Waals surface area contributed by atoms with Crippen molar-refractivity contribution in [3.8, 4) is 5.75 Å². The van der Waals surface area contributed by atoms with Crippen LogP contribution in [0.1, 0.15) is 37.8 Å². The van der Waals surface area contributed by atoms with Crippen molar-refractivity contribution in [1.82, 2.24) is 10.3 Å². The molecule has 6 nitrogen and oxygen atoms in total. The highest BCUT2D eigenvalue weighted by atomic mass is 16.5. The minimum Gasteiger partial charge on any atom is -0.489 e. The second kappa shape index (κ2) is 9.20. The van der Waals surface area contributed by atoms with Crippen LogP contribution in [-0.4, -0.2) is 30.3 Å². The summed E-state index contributed by atoms with van der Waals surface area (Å²) >= 11 is 0. The molecule has 6 heteroatoms. The number of ether oxygens (including phenoxy) is 2. The van der Waals surface area contributed by atoms with E-state index in [2.05, 4.69) is 15.6 Å². The van der Waals surface area contributed by atoms with Gasteiger partial charge in [-0.25, -0.2) is 4.79 Å². The smallest absolute Gasteiger partial charge is 0.319 e. The predicted molar refractivity (Wildman–Crippen MR) is 100 cm³/mol. The zero-order valence-corrected chi connectivity index (χ0v) is 15.0. The van der Waals surface area contributed by atoms with Gasteiger partial charge in [-0.3, -0.25) is 4.98 Å². The molecule has 2 unspecified atom stereocenters. The van der Waals surface area contributed by atoms with Gasteiger partial charge in [0.1, 0.15) is 12.4 Å². The first kappa shape index (κ1) is 18.2. The Labute approximate surface area is 153 Å². The van der Waals surface area contributed by atoms with Crippen molar-refractivity contribution in [3.63, 3.8) is 0 Å². The molecule has 2 amide bonds. The highest BCUT2D eigenvalue weighted by molar-refractivity contribution is 5.91. The van der Waals surface area contributed by atoms with Crippen molar-refractivity contribution in [2.45, 2.75) is 38.3 Å². The summed E-state index contributed by atoms with van der Waals surface area (Å²) in [6.45, 7) is 3.22. The van der Waals surface area contributed by atoms with E-state index in [1.807, 2.05) is 43.3 Å². The second-order valence-electron chi connectivity index (χ2n) is 6.40. The Hall–Kier alpha value is -2.60. The number of amides is 2. The Morgan fingerprint density at radius 2 is 2.08 bits per heavy atom. The van der Waals surface area contributed by atoms with E-state index in [-0.39, 0.29) is 18.2 Å². The Morgan fingerprint density at radius 1 is 1.27 bits per heavy atom. The molecule has 2 atom stereocenters. The van der Waals surface area contributed by atoms with Gasteiger partial charge >= 0.3 is 6.03 Å². The fourth-order valence-electron chi connectivity index (χ4n) is 2.91. The summed E-state index contributed by atoms with van der Waals surface area (Å²) in [6, 6.07) is 10.8. The molecule has 1 aliphatic heterocycles. The molecule has 1 aromatic heterocycles. The molecular weight excluding hydrogens is 330 g/mol. The Morgan fingerprint density at radius 3 is 2.85 bits per heavy atom. The van der Waals surface area contributed by atoms with Crippen LogP contribution in [0.15, 0.2) is 48.8 Å². The molecule has 1 aromatic carbocycles. The van der Waals surface area contributed by atoms with Gasteiger partial charge in [0.25, 0.3) is 0 Å². The minimum atomic E-state index is -0.278. The second-order valence-corrected chi connectivity index (χ2v) is 6.40. The first-order valence-corrected chi connectivity index (χ1v) is 9.03. The van der Waals surface area contributed by atoms with E-state index in [0.29, 0.717) is 18.0 Å². The maximum absolute atomic E-state index is 12.3. The number of carbonyl (C=O) groups is 1. The van der Waals surface area contributed by atoms with Crippen molar-refractivity contribution in [2.24, 2.45) is 0 Å². The molecule has 0 bridgehead atoms. The first-order chi connectivity index (χ1) is 12.7. The molecule has 2 N–H and O–H groups in total. The first-order valence-electron chi connectivity index (χ1n) is 9.03. The van der Waals surface area contributed by atoms with Crippen LogP contribution >= 0.6 is 0 Å². The Balaban J connectivity index is 1.56. The van der Waals surface area contributed by atoms with E-state index in [1.54, 1.807) is 12.4 Å². The van der Waals surface area contributed by atoms with Crippen LogP contribution in [0, 0.1) is 0 Å². The molecule has 2 heterocycles. The third-order valence-corrected chi connectivity index (χ3v) is 4.39. The van der Waals surface area contributed by atoms with Crippen LogP contribution in [0.5, 0.6) is 5.75 Å². The van der Waals surface area contributed by atoms with Crippen molar-refractivity contribution >= 4 is 11.7 Å². The fraction of sp³-hybridized carbons (Fsp3) is 0.400. The van der Waals surface area contributed by atoms with E-state index >= 15 is 0 Å².